The molecular formula is C15H21NO2. The lowest BCUT2D eigenvalue weighted by molar-refractivity contribution is 0.190. The lowest BCUT2D eigenvalue weighted by atomic mass is 9.85. The van der Waals surface area contributed by atoms with Crippen molar-refractivity contribution in [3.05, 3.63) is 29.3 Å². The van der Waals surface area contributed by atoms with Crippen LogP contribution in [0.1, 0.15) is 37.8 Å². The molecule has 3 heteroatoms. The van der Waals surface area contributed by atoms with E-state index in [2.05, 4.69) is 26.0 Å². The molecule has 0 spiro atoms. The summed E-state index contributed by atoms with van der Waals surface area (Å²) in [5.41, 5.74) is 1.47. The van der Waals surface area contributed by atoms with Gasteiger partial charge in [-0.15, -0.1) is 0 Å². The Kier molecular flexibility index (Phi) is 4.75. The van der Waals surface area contributed by atoms with E-state index in [4.69, 9.17) is 10.00 Å². The van der Waals surface area contributed by atoms with Gasteiger partial charge in [0.15, 0.2) is 0 Å². The van der Waals surface area contributed by atoms with Gasteiger partial charge < -0.3 is 9.84 Å². The van der Waals surface area contributed by atoms with Crippen molar-refractivity contribution in [2.24, 2.45) is 5.41 Å². The van der Waals surface area contributed by atoms with E-state index in [1.54, 1.807) is 14.0 Å². The van der Waals surface area contributed by atoms with Crippen LogP contribution in [0.5, 0.6) is 5.75 Å². The van der Waals surface area contributed by atoms with Crippen molar-refractivity contribution in [3.63, 3.8) is 0 Å². The highest BCUT2D eigenvalue weighted by Crippen LogP contribution is 2.30. The zero-order valence-corrected chi connectivity index (χ0v) is 11.5. The van der Waals surface area contributed by atoms with Gasteiger partial charge in [0, 0.05) is 0 Å². The van der Waals surface area contributed by atoms with Crippen molar-refractivity contribution in [1.29, 1.82) is 5.26 Å². The second-order valence-electron chi connectivity index (χ2n) is 5.24. The van der Waals surface area contributed by atoms with Crippen molar-refractivity contribution >= 4 is 0 Å². The van der Waals surface area contributed by atoms with Crippen LogP contribution in [0, 0.1) is 16.7 Å². The van der Waals surface area contributed by atoms with Gasteiger partial charge in [-0.05, 0) is 36.5 Å². The van der Waals surface area contributed by atoms with Gasteiger partial charge >= 0.3 is 0 Å². The number of nitriles is 1. The van der Waals surface area contributed by atoms with Crippen molar-refractivity contribution in [3.8, 4) is 11.8 Å². The van der Waals surface area contributed by atoms with Gasteiger partial charge in [0.05, 0.1) is 25.2 Å². The highest BCUT2D eigenvalue weighted by atomic mass is 16.5. The maximum atomic E-state index is 9.28. The lowest BCUT2D eigenvalue weighted by Gasteiger charge is -2.20. The van der Waals surface area contributed by atoms with Crippen LogP contribution in [0.15, 0.2) is 18.2 Å². The minimum atomic E-state index is -0.719. The molecule has 0 aromatic heterocycles. The molecule has 1 aromatic rings. The monoisotopic (exact) mass is 247 g/mol. The van der Waals surface area contributed by atoms with Crippen LogP contribution in [0.4, 0.5) is 0 Å². The molecule has 18 heavy (non-hydrogen) atoms. The Bertz CT molecular complexity index is 448. The third-order valence-electron chi connectivity index (χ3n) is 3.13. The fourth-order valence-corrected chi connectivity index (χ4v) is 1.93. The molecule has 0 aliphatic heterocycles. The van der Waals surface area contributed by atoms with Gasteiger partial charge in [0.1, 0.15) is 5.75 Å². The fourth-order valence-electron chi connectivity index (χ4n) is 1.93. The Morgan fingerprint density at radius 1 is 1.44 bits per heavy atom. The molecule has 98 valence electrons. The molecule has 0 saturated carbocycles. The first-order chi connectivity index (χ1) is 8.45. The first kappa shape index (κ1) is 14.5. The Labute approximate surface area is 109 Å². The summed E-state index contributed by atoms with van der Waals surface area (Å²) in [7, 11) is 1.66. The molecule has 3 nitrogen and oxygen atoms in total. The van der Waals surface area contributed by atoms with E-state index in [0.717, 1.165) is 16.9 Å². The molecule has 0 amide bonds. The Morgan fingerprint density at radius 3 is 2.56 bits per heavy atom. The van der Waals surface area contributed by atoms with E-state index in [1.807, 2.05) is 12.1 Å². The topological polar surface area (TPSA) is 53.2 Å². The summed E-state index contributed by atoms with van der Waals surface area (Å²) in [6.45, 7) is 5.85. The first-order valence-electron chi connectivity index (χ1n) is 6.14. The number of benzene rings is 1. The van der Waals surface area contributed by atoms with Gasteiger partial charge in [-0.25, -0.2) is 0 Å². The van der Waals surface area contributed by atoms with Gasteiger partial charge in [-0.3, -0.25) is 0 Å². The van der Waals surface area contributed by atoms with E-state index >= 15 is 0 Å². The van der Waals surface area contributed by atoms with Crippen LogP contribution in [-0.4, -0.2) is 18.8 Å². The molecule has 0 fully saturated rings. The maximum Gasteiger partial charge on any atom is 0.122 e. The standard InChI is InChI=1S/C15H21NO2/c1-11(2)13-7-12(5-6-14(13)18-4)8-15(3,9-16)10-17/h5-7,11,17H,8,10H2,1-4H3. The molecular weight excluding hydrogens is 226 g/mol. The third kappa shape index (κ3) is 3.24. The molecule has 1 aromatic carbocycles. The number of nitrogens with zero attached hydrogens (tertiary/aromatic N) is 1. The van der Waals surface area contributed by atoms with Crippen molar-refractivity contribution in [2.45, 2.75) is 33.1 Å². The third-order valence-corrected chi connectivity index (χ3v) is 3.13. The van der Waals surface area contributed by atoms with E-state index in [9.17, 15) is 5.11 Å². The predicted molar refractivity (Wildman–Crippen MR) is 71.6 cm³/mol. The van der Waals surface area contributed by atoms with Crippen LogP contribution < -0.4 is 4.74 Å². The first-order valence-corrected chi connectivity index (χ1v) is 6.14. The number of aliphatic hydroxyl groups excluding tert-OH is 1. The van der Waals surface area contributed by atoms with Crippen LogP contribution in [0.2, 0.25) is 0 Å². The number of ether oxygens (including phenoxy) is 1. The summed E-state index contributed by atoms with van der Waals surface area (Å²) in [5, 5.41) is 18.4. The summed E-state index contributed by atoms with van der Waals surface area (Å²) in [4.78, 5) is 0. The number of methoxy groups -OCH3 is 1. The Hall–Kier alpha value is -1.53. The van der Waals surface area contributed by atoms with E-state index < -0.39 is 5.41 Å². The summed E-state index contributed by atoms with van der Waals surface area (Å²) < 4.78 is 5.33. The van der Waals surface area contributed by atoms with Gasteiger partial charge in [0.2, 0.25) is 0 Å². The van der Waals surface area contributed by atoms with Crippen molar-refractivity contribution in [2.75, 3.05) is 13.7 Å². The molecule has 0 heterocycles. The average molecular weight is 247 g/mol. The highest BCUT2D eigenvalue weighted by Gasteiger charge is 2.23. The Morgan fingerprint density at radius 2 is 2.11 bits per heavy atom. The van der Waals surface area contributed by atoms with Gasteiger partial charge in [0.25, 0.3) is 0 Å². The molecule has 1 unspecified atom stereocenters. The second-order valence-corrected chi connectivity index (χ2v) is 5.24. The zero-order chi connectivity index (χ0) is 13.8. The van der Waals surface area contributed by atoms with Gasteiger partial charge in [-0.2, -0.15) is 5.26 Å². The summed E-state index contributed by atoms with van der Waals surface area (Å²) in [5.74, 6) is 1.23. The molecule has 0 aliphatic rings. The minimum Gasteiger partial charge on any atom is -0.496 e. The quantitative estimate of drug-likeness (QED) is 0.870. The highest BCUT2D eigenvalue weighted by molar-refractivity contribution is 5.40. The van der Waals surface area contributed by atoms with E-state index in [1.165, 1.54) is 0 Å². The predicted octanol–water partition coefficient (Wildman–Crippen LogP) is 2.88. The van der Waals surface area contributed by atoms with Crippen LogP contribution in [-0.2, 0) is 6.42 Å². The molecule has 0 radical (unpaired) electrons. The fraction of sp³-hybridized carbons (Fsp3) is 0.533. The van der Waals surface area contributed by atoms with Crippen LogP contribution >= 0.6 is 0 Å². The minimum absolute atomic E-state index is 0.132. The largest absolute Gasteiger partial charge is 0.496 e. The lowest BCUT2D eigenvalue weighted by Crippen LogP contribution is -2.22. The molecule has 1 N–H and O–H groups in total. The van der Waals surface area contributed by atoms with Crippen molar-refractivity contribution < 1.29 is 9.84 Å². The molecule has 0 saturated heterocycles. The normalized spacial score (nSPS) is 14.1. The number of aliphatic hydroxyl groups is 1. The Balaban J connectivity index is 3.06. The van der Waals surface area contributed by atoms with Crippen LogP contribution in [0.25, 0.3) is 0 Å². The average Bonchev–Trinajstić information content (AvgIpc) is 2.38. The molecule has 0 bridgehead atoms. The molecule has 1 rings (SSSR count). The SMILES string of the molecule is COc1ccc(CC(C)(C#N)CO)cc1C(C)C. The molecule has 0 aliphatic carbocycles. The molecule has 1 atom stereocenters. The summed E-state index contributed by atoms with van der Waals surface area (Å²) in [6, 6.07) is 8.12. The number of hydrogen-bond acceptors (Lipinski definition) is 3. The second kappa shape index (κ2) is 5.88. The maximum absolute atomic E-state index is 9.28. The van der Waals surface area contributed by atoms with Gasteiger partial charge in [-0.1, -0.05) is 26.0 Å². The summed E-state index contributed by atoms with van der Waals surface area (Å²) >= 11 is 0. The van der Waals surface area contributed by atoms with Crippen LogP contribution in [0.3, 0.4) is 0 Å². The number of hydrogen-bond donors (Lipinski definition) is 1. The smallest absolute Gasteiger partial charge is 0.122 e. The van der Waals surface area contributed by atoms with Crippen molar-refractivity contribution in [1.82, 2.24) is 0 Å². The zero-order valence-electron chi connectivity index (χ0n) is 11.5. The van der Waals surface area contributed by atoms with E-state index in [0.29, 0.717) is 12.3 Å². The van der Waals surface area contributed by atoms with E-state index in [-0.39, 0.29) is 6.61 Å². The summed E-state index contributed by atoms with van der Waals surface area (Å²) in [6.07, 6.45) is 0.545. The number of rotatable bonds is 5.